The van der Waals surface area contributed by atoms with Gasteiger partial charge < -0.3 is 37.0 Å². The largest absolute Gasteiger partial charge is 0.508 e. The maximum Gasteiger partial charge on any atom is 0.326 e. The monoisotopic (exact) mass is 494 g/mol. The summed E-state index contributed by atoms with van der Waals surface area (Å²) < 4.78 is 0. The van der Waals surface area contributed by atoms with E-state index in [1.807, 2.05) is 0 Å². The van der Waals surface area contributed by atoms with Gasteiger partial charge in [0, 0.05) is 6.42 Å². The van der Waals surface area contributed by atoms with E-state index in [4.69, 9.17) is 5.73 Å². The smallest absolute Gasteiger partial charge is 0.326 e. The molecule has 196 valence electrons. The lowest BCUT2D eigenvalue weighted by atomic mass is 9.96. The van der Waals surface area contributed by atoms with Crippen LogP contribution >= 0.6 is 0 Å². The van der Waals surface area contributed by atoms with Gasteiger partial charge in [-0.2, -0.15) is 0 Å². The number of aromatic hydroxyl groups is 1. The quantitative estimate of drug-likeness (QED) is 0.197. The molecule has 6 atom stereocenters. The lowest BCUT2D eigenvalue weighted by Crippen LogP contribution is -2.61. The van der Waals surface area contributed by atoms with Crippen molar-refractivity contribution in [3.63, 3.8) is 0 Å². The van der Waals surface area contributed by atoms with Crippen LogP contribution in [0.25, 0.3) is 0 Å². The van der Waals surface area contributed by atoms with Crippen LogP contribution < -0.4 is 21.7 Å². The maximum absolute atomic E-state index is 13.1. The SMILES string of the molecule is CCC(C)C(NC(=O)C(NC(=O)C(N)C(C)C)C(C)O)C(=O)NC(Cc1ccc(O)cc1)C(=O)O. The Kier molecular flexibility index (Phi) is 11.6. The number of aliphatic hydroxyl groups is 1. The lowest BCUT2D eigenvalue weighted by molar-refractivity contribution is -0.142. The Bertz CT molecular complexity index is 873. The third-order valence-electron chi connectivity index (χ3n) is 5.87. The molecule has 0 aromatic heterocycles. The summed E-state index contributed by atoms with van der Waals surface area (Å²) >= 11 is 0. The highest BCUT2D eigenvalue weighted by atomic mass is 16.4. The van der Waals surface area contributed by atoms with Crippen molar-refractivity contribution >= 4 is 23.7 Å². The number of carboxylic acid groups (broad SMARTS) is 1. The molecule has 0 aliphatic rings. The Morgan fingerprint density at radius 1 is 0.886 bits per heavy atom. The standard InChI is InChI=1S/C24H38N4O7/c1-6-13(4)19(27-23(33)20(14(5)29)28-21(31)18(25)12(2)3)22(32)26-17(24(34)35)11-15-7-9-16(30)10-8-15/h7-10,12-14,17-20,29-30H,6,11,25H2,1-5H3,(H,26,32)(H,27,33)(H,28,31)(H,34,35). The molecule has 6 unspecified atom stereocenters. The van der Waals surface area contributed by atoms with Crippen LogP contribution in [0.15, 0.2) is 24.3 Å². The number of phenols is 1. The molecule has 0 bridgehead atoms. The Labute approximate surface area is 205 Å². The fourth-order valence-corrected chi connectivity index (χ4v) is 3.23. The lowest BCUT2D eigenvalue weighted by Gasteiger charge is -2.29. The molecule has 0 radical (unpaired) electrons. The highest BCUT2D eigenvalue weighted by molar-refractivity contribution is 5.94. The summed E-state index contributed by atoms with van der Waals surface area (Å²) in [6, 6.07) is 1.25. The van der Waals surface area contributed by atoms with Crippen LogP contribution in [0.3, 0.4) is 0 Å². The van der Waals surface area contributed by atoms with Gasteiger partial charge in [-0.05, 0) is 36.5 Å². The van der Waals surface area contributed by atoms with Crippen molar-refractivity contribution in [1.29, 1.82) is 0 Å². The first kappa shape index (κ1) is 29.9. The van der Waals surface area contributed by atoms with Crippen LogP contribution in [-0.2, 0) is 25.6 Å². The predicted octanol–water partition coefficient (Wildman–Crippen LogP) is -0.116. The van der Waals surface area contributed by atoms with Gasteiger partial charge in [-0.3, -0.25) is 14.4 Å². The number of nitrogens with one attached hydrogen (secondary N) is 3. The summed E-state index contributed by atoms with van der Waals surface area (Å²) in [5.41, 5.74) is 6.41. The molecular formula is C24H38N4O7. The molecule has 1 aromatic rings. The van der Waals surface area contributed by atoms with Gasteiger partial charge in [-0.1, -0.05) is 46.2 Å². The number of carbonyl (C=O) groups is 4. The number of carbonyl (C=O) groups excluding carboxylic acids is 3. The molecule has 1 rings (SSSR count). The highest BCUT2D eigenvalue weighted by Crippen LogP contribution is 2.13. The number of nitrogens with two attached hydrogens (primary N) is 1. The van der Waals surface area contributed by atoms with Crippen molar-refractivity contribution in [3.05, 3.63) is 29.8 Å². The van der Waals surface area contributed by atoms with Gasteiger partial charge in [0.05, 0.1) is 12.1 Å². The summed E-state index contributed by atoms with van der Waals surface area (Å²) in [5.74, 6) is -3.96. The van der Waals surface area contributed by atoms with Crippen molar-refractivity contribution in [3.8, 4) is 5.75 Å². The Morgan fingerprint density at radius 2 is 1.40 bits per heavy atom. The molecule has 0 spiro atoms. The number of amides is 3. The van der Waals surface area contributed by atoms with E-state index in [9.17, 15) is 34.5 Å². The van der Waals surface area contributed by atoms with Crippen LogP contribution in [-0.4, -0.2) is 69.3 Å². The first-order chi connectivity index (χ1) is 16.3. The van der Waals surface area contributed by atoms with E-state index in [0.717, 1.165) is 0 Å². The molecule has 0 aliphatic carbocycles. The Balaban J connectivity index is 3.02. The minimum Gasteiger partial charge on any atom is -0.508 e. The van der Waals surface area contributed by atoms with Gasteiger partial charge in [-0.25, -0.2) is 4.79 Å². The molecule has 3 amide bonds. The van der Waals surface area contributed by atoms with Crippen molar-refractivity contribution in [2.24, 2.45) is 17.6 Å². The Morgan fingerprint density at radius 3 is 1.86 bits per heavy atom. The van der Waals surface area contributed by atoms with Gasteiger partial charge in [0.2, 0.25) is 17.7 Å². The van der Waals surface area contributed by atoms with E-state index in [2.05, 4.69) is 16.0 Å². The van der Waals surface area contributed by atoms with E-state index in [-0.39, 0.29) is 24.0 Å². The van der Waals surface area contributed by atoms with Crippen LogP contribution in [0, 0.1) is 11.8 Å². The number of rotatable bonds is 13. The fraction of sp³-hybridized carbons (Fsp3) is 0.583. The summed E-state index contributed by atoms with van der Waals surface area (Å²) in [7, 11) is 0. The van der Waals surface area contributed by atoms with Crippen molar-refractivity contribution in [2.45, 2.75) is 77.7 Å². The van der Waals surface area contributed by atoms with Crippen molar-refractivity contribution in [1.82, 2.24) is 16.0 Å². The Hall–Kier alpha value is -3.18. The van der Waals surface area contributed by atoms with E-state index in [1.54, 1.807) is 39.8 Å². The molecule has 8 N–H and O–H groups in total. The van der Waals surface area contributed by atoms with E-state index >= 15 is 0 Å². The second kappa shape index (κ2) is 13.6. The number of carboxylic acids is 1. The topological polar surface area (TPSA) is 191 Å². The number of benzene rings is 1. The van der Waals surface area contributed by atoms with Crippen LogP contribution in [0.4, 0.5) is 0 Å². The maximum atomic E-state index is 13.1. The molecule has 0 fully saturated rings. The number of hydrogen-bond donors (Lipinski definition) is 7. The first-order valence-electron chi connectivity index (χ1n) is 11.6. The number of aliphatic hydroxyl groups excluding tert-OH is 1. The second-order valence-corrected chi connectivity index (χ2v) is 9.14. The molecule has 11 nitrogen and oxygen atoms in total. The van der Waals surface area contributed by atoms with Crippen molar-refractivity contribution in [2.75, 3.05) is 0 Å². The molecule has 1 aromatic carbocycles. The van der Waals surface area contributed by atoms with Gasteiger partial charge in [-0.15, -0.1) is 0 Å². The summed E-state index contributed by atoms with van der Waals surface area (Å²) in [5, 5.41) is 36.5. The van der Waals surface area contributed by atoms with Gasteiger partial charge in [0.25, 0.3) is 0 Å². The zero-order chi connectivity index (χ0) is 26.9. The molecule has 11 heteroatoms. The number of phenolic OH excluding ortho intramolecular Hbond substituents is 1. The molecule has 0 aliphatic heterocycles. The first-order valence-corrected chi connectivity index (χ1v) is 11.6. The van der Waals surface area contributed by atoms with E-state index < -0.39 is 54.0 Å². The number of hydrogen-bond acceptors (Lipinski definition) is 7. The molecular weight excluding hydrogens is 456 g/mol. The molecule has 0 heterocycles. The number of aliphatic carboxylic acids is 1. The predicted molar refractivity (Wildman–Crippen MR) is 129 cm³/mol. The minimum absolute atomic E-state index is 0.0262. The van der Waals surface area contributed by atoms with Crippen LogP contribution in [0.5, 0.6) is 5.75 Å². The minimum atomic E-state index is -1.36. The normalized spacial score (nSPS) is 16.3. The average Bonchev–Trinajstić information content (AvgIpc) is 2.79. The van der Waals surface area contributed by atoms with Gasteiger partial charge in [0.1, 0.15) is 23.9 Å². The molecule has 35 heavy (non-hydrogen) atoms. The van der Waals surface area contributed by atoms with Crippen LogP contribution in [0.1, 0.15) is 46.6 Å². The molecule has 0 saturated carbocycles. The van der Waals surface area contributed by atoms with Crippen LogP contribution in [0.2, 0.25) is 0 Å². The highest BCUT2D eigenvalue weighted by Gasteiger charge is 2.34. The fourth-order valence-electron chi connectivity index (χ4n) is 3.23. The zero-order valence-corrected chi connectivity index (χ0v) is 20.8. The van der Waals surface area contributed by atoms with E-state index in [1.165, 1.54) is 19.1 Å². The van der Waals surface area contributed by atoms with Crippen molar-refractivity contribution < 1.29 is 34.5 Å². The second-order valence-electron chi connectivity index (χ2n) is 9.14. The third kappa shape index (κ3) is 9.18. The summed E-state index contributed by atoms with van der Waals surface area (Å²) in [6.07, 6.45) is -0.833. The average molecular weight is 495 g/mol. The summed E-state index contributed by atoms with van der Waals surface area (Å²) in [6.45, 7) is 8.31. The zero-order valence-electron chi connectivity index (χ0n) is 20.8. The summed E-state index contributed by atoms with van der Waals surface area (Å²) in [4.78, 5) is 50.1. The third-order valence-corrected chi connectivity index (χ3v) is 5.87. The van der Waals surface area contributed by atoms with E-state index in [0.29, 0.717) is 12.0 Å². The van der Waals surface area contributed by atoms with Gasteiger partial charge in [0.15, 0.2) is 0 Å². The van der Waals surface area contributed by atoms with Gasteiger partial charge >= 0.3 is 5.97 Å². The molecule has 0 saturated heterocycles.